The van der Waals surface area contributed by atoms with Gasteiger partial charge in [0.05, 0.1) is 21.3 Å². The predicted octanol–water partition coefficient (Wildman–Crippen LogP) is 3.59. The predicted molar refractivity (Wildman–Crippen MR) is 84.8 cm³/mol. The highest BCUT2D eigenvalue weighted by Gasteiger charge is 2.13. The number of anilines is 1. The van der Waals surface area contributed by atoms with Gasteiger partial charge in [0.15, 0.2) is 0 Å². The lowest BCUT2D eigenvalue weighted by molar-refractivity contribution is 0.102. The zero-order valence-corrected chi connectivity index (χ0v) is 12.4. The fourth-order valence-corrected chi connectivity index (χ4v) is 2.09. The molecule has 0 bridgehead atoms. The number of halogens is 2. The zero-order chi connectivity index (χ0) is 15.2. The summed E-state index contributed by atoms with van der Waals surface area (Å²) in [6.45, 7) is -0.248. The summed E-state index contributed by atoms with van der Waals surface area (Å²) in [5.74, 6) is 4.94. The molecule has 0 fully saturated rings. The van der Waals surface area contributed by atoms with Gasteiger partial charge in [-0.2, -0.15) is 0 Å². The summed E-state index contributed by atoms with van der Waals surface area (Å²) in [7, 11) is 0. The summed E-state index contributed by atoms with van der Waals surface area (Å²) < 4.78 is 0. The molecule has 106 valence electrons. The lowest BCUT2D eigenvalue weighted by atomic mass is 10.1. The number of nitrogens with one attached hydrogen (secondary N) is 1. The maximum atomic E-state index is 12.3. The Hall–Kier alpha value is -1.99. The van der Waals surface area contributed by atoms with E-state index in [0.717, 1.165) is 0 Å². The molecular weight excluding hydrogens is 309 g/mol. The topological polar surface area (TPSA) is 49.3 Å². The molecule has 0 unspecified atom stereocenters. The van der Waals surface area contributed by atoms with Crippen molar-refractivity contribution in [1.29, 1.82) is 0 Å². The van der Waals surface area contributed by atoms with Gasteiger partial charge in [0.2, 0.25) is 0 Å². The first-order valence-corrected chi connectivity index (χ1v) is 6.83. The molecule has 0 aromatic heterocycles. The Labute approximate surface area is 132 Å². The SMILES string of the molecule is O=C(Nc1ccccc1C#CCO)c1cccc(Cl)c1Cl. The van der Waals surface area contributed by atoms with Crippen LogP contribution in [0.15, 0.2) is 42.5 Å². The molecule has 0 atom stereocenters. The van der Waals surface area contributed by atoms with Crippen molar-refractivity contribution in [2.24, 2.45) is 0 Å². The molecule has 0 aliphatic carbocycles. The average Bonchev–Trinajstić information content (AvgIpc) is 2.49. The third-order valence-corrected chi connectivity index (χ3v) is 3.49. The maximum absolute atomic E-state index is 12.3. The second-order valence-electron chi connectivity index (χ2n) is 4.06. The second kappa shape index (κ2) is 7.14. The Kier molecular flexibility index (Phi) is 5.24. The zero-order valence-electron chi connectivity index (χ0n) is 10.9. The van der Waals surface area contributed by atoms with E-state index in [4.69, 9.17) is 28.3 Å². The van der Waals surface area contributed by atoms with Crippen LogP contribution in [0.1, 0.15) is 15.9 Å². The number of hydrogen-bond acceptors (Lipinski definition) is 2. The minimum absolute atomic E-state index is 0.204. The molecule has 2 N–H and O–H groups in total. The molecule has 2 aromatic carbocycles. The number of carbonyl (C=O) groups is 1. The molecule has 2 aromatic rings. The molecule has 0 aliphatic heterocycles. The van der Waals surface area contributed by atoms with Crippen LogP contribution in [0.3, 0.4) is 0 Å². The van der Waals surface area contributed by atoms with E-state index in [1.165, 1.54) is 0 Å². The monoisotopic (exact) mass is 319 g/mol. The van der Waals surface area contributed by atoms with E-state index in [9.17, 15) is 4.79 Å². The van der Waals surface area contributed by atoms with E-state index in [2.05, 4.69) is 17.2 Å². The highest BCUT2D eigenvalue weighted by molar-refractivity contribution is 6.44. The number of carbonyl (C=O) groups excluding carboxylic acids is 1. The summed E-state index contributed by atoms with van der Waals surface area (Å²) in [6, 6.07) is 11.9. The van der Waals surface area contributed by atoms with Crippen molar-refractivity contribution in [2.45, 2.75) is 0 Å². The lowest BCUT2D eigenvalue weighted by Gasteiger charge is -2.09. The largest absolute Gasteiger partial charge is 0.384 e. The smallest absolute Gasteiger partial charge is 0.257 e. The lowest BCUT2D eigenvalue weighted by Crippen LogP contribution is -2.13. The van der Waals surface area contributed by atoms with Crippen LogP contribution in [-0.4, -0.2) is 17.6 Å². The first-order chi connectivity index (χ1) is 10.1. The molecule has 2 rings (SSSR count). The third-order valence-electron chi connectivity index (χ3n) is 2.67. The number of para-hydroxylation sites is 1. The Morgan fingerprint density at radius 1 is 1.14 bits per heavy atom. The summed E-state index contributed by atoms with van der Waals surface area (Å²) in [5, 5.41) is 12.0. The van der Waals surface area contributed by atoms with Crippen LogP contribution >= 0.6 is 23.2 Å². The first-order valence-electron chi connectivity index (χ1n) is 6.07. The Morgan fingerprint density at radius 3 is 2.67 bits per heavy atom. The molecule has 1 amide bonds. The van der Waals surface area contributed by atoms with Gasteiger partial charge in [0, 0.05) is 5.56 Å². The minimum atomic E-state index is -0.374. The standard InChI is InChI=1S/C16H11Cl2NO2/c17-13-8-3-7-12(15(13)18)16(21)19-14-9-2-1-5-11(14)6-4-10-20/h1-3,5,7-9,20H,10H2,(H,19,21). The number of benzene rings is 2. The van der Waals surface area contributed by atoms with Crippen molar-refractivity contribution in [2.75, 3.05) is 11.9 Å². The van der Waals surface area contributed by atoms with Crippen molar-refractivity contribution in [1.82, 2.24) is 0 Å². The van der Waals surface area contributed by atoms with E-state index in [0.29, 0.717) is 16.3 Å². The van der Waals surface area contributed by atoms with Gasteiger partial charge in [0.25, 0.3) is 5.91 Å². The van der Waals surface area contributed by atoms with Gasteiger partial charge in [-0.05, 0) is 24.3 Å². The van der Waals surface area contributed by atoms with Crippen molar-refractivity contribution in [3.05, 3.63) is 63.6 Å². The van der Waals surface area contributed by atoms with Crippen molar-refractivity contribution in [3.8, 4) is 11.8 Å². The Bertz CT molecular complexity index is 733. The maximum Gasteiger partial charge on any atom is 0.257 e. The molecular formula is C16H11Cl2NO2. The van der Waals surface area contributed by atoms with Crippen molar-refractivity contribution < 1.29 is 9.90 Å². The van der Waals surface area contributed by atoms with Gasteiger partial charge in [-0.3, -0.25) is 4.79 Å². The number of rotatable bonds is 2. The Balaban J connectivity index is 2.30. The Morgan fingerprint density at radius 2 is 1.90 bits per heavy atom. The number of aliphatic hydroxyl groups is 1. The van der Waals surface area contributed by atoms with Crippen LogP contribution in [0.2, 0.25) is 10.0 Å². The second-order valence-corrected chi connectivity index (χ2v) is 4.85. The van der Waals surface area contributed by atoms with E-state index >= 15 is 0 Å². The van der Waals surface area contributed by atoms with Gasteiger partial charge in [-0.15, -0.1) is 0 Å². The molecule has 0 aliphatic rings. The van der Waals surface area contributed by atoms with Gasteiger partial charge >= 0.3 is 0 Å². The fraction of sp³-hybridized carbons (Fsp3) is 0.0625. The average molecular weight is 320 g/mol. The molecule has 21 heavy (non-hydrogen) atoms. The van der Waals surface area contributed by atoms with E-state index in [1.54, 1.807) is 42.5 Å². The van der Waals surface area contributed by atoms with Gasteiger partial charge < -0.3 is 10.4 Å². The van der Waals surface area contributed by atoms with Crippen LogP contribution in [0.5, 0.6) is 0 Å². The quantitative estimate of drug-likeness (QED) is 0.831. The highest BCUT2D eigenvalue weighted by atomic mass is 35.5. The van der Waals surface area contributed by atoms with E-state index < -0.39 is 0 Å². The van der Waals surface area contributed by atoms with Crippen molar-refractivity contribution >= 4 is 34.8 Å². The minimum Gasteiger partial charge on any atom is -0.384 e. The molecule has 3 nitrogen and oxygen atoms in total. The molecule has 5 heteroatoms. The van der Waals surface area contributed by atoms with E-state index in [1.807, 2.05) is 0 Å². The first kappa shape index (κ1) is 15.4. The number of hydrogen-bond donors (Lipinski definition) is 2. The molecule has 0 radical (unpaired) electrons. The van der Waals surface area contributed by atoms with Crippen LogP contribution in [0.4, 0.5) is 5.69 Å². The molecule has 0 spiro atoms. The summed E-state index contributed by atoms with van der Waals surface area (Å²) >= 11 is 11.9. The van der Waals surface area contributed by atoms with Gasteiger partial charge in [-0.25, -0.2) is 0 Å². The molecule has 0 heterocycles. The number of amides is 1. The third kappa shape index (κ3) is 3.77. The summed E-state index contributed by atoms with van der Waals surface area (Å²) in [6.07, 6.45) is 0. The highest BCUT2D eigenvalue weighted by Crippen LogP contribution is 2.26. The van der Waals surface area contributed by atoms with Crippen molar-refractivity contribution in [3.63, 3.8) is 0 Å². The van der Waals surface area contributed by atoms with Crippen LogP contribution < -0.4 is 5.32 Å². The number of aliphatic hydroxyl groups excluding tert-OH is 1. The van der Waals surface area contributed by atoms with Crippen LogP contribution in [0.25, 0.3) is 0 Å². The molecule has 0 saturated carbocycles. The summed E-state index contributed by atoms with van der Waals surface area (Å²) in [4.78, 5) is 12.3. The normalized spacial score (nSPS) is 9.67. The van der Waals surface area contributed by atoms with Crippen LogP contribution in [-0.2, 0) is 0 Å². The van der Waals surface area contributed by atoms with Gasteiger partial charge in [0.1, 0.15) is 6.61 Å². The fourth-order valence-electron chi connectivity index (χ4n) is 1.70. The van der Waals surface area contributed by atoms with Crippen LogP contribution in [0, 0.1) is 11.8 Å². The van der Waals surface area contributed by atoms with E-state index in [-0.39, 0.29) is 23.1 Å². The van der Waals surface area contributed by atoms with Gasteiger partial charge in [-0.1, -0.05) is 53.2 Å². The molecule has 0 saturated heterocycles. The summed E-state index contributed by atoms with van der Waals surface area (Å²) in [5.41, 5.74) is 1.44.